The zero-order valence-corrected chi connectivity index (χ0v) is 11.3. The van der Waals surface area contributed by atoms with E-state index in [-0.39, 0.29) is 6.04 Å². The van der Waals surface area contributed by atoms with Crippen LogP contribution in [0.25, 0.3) is 10.9 Å². The SMILES string of the molecule is CCCC(C)C(N)Cc1ccnc2ccccc12. The lowest BCUT2D eigenvalue weighted by Gasteiger charge is -2.20. The van der Waals surface area contributed by atoms with Crippen molar-refractivity contribution >= 4 is 10.9 Å². The van der Waals surface area contributed by atoms with Gasteiger partial charge >= 0.3 is 0 Å². The van der Waals surface area contributed by atoms with E-state index in [1.807, 2.05) is 12.3 Å². The van der Waals surface area contributed by atoms with Crippen molar-refractivity contribution in [1.82, 2.24) is 4.98 Å². The standard InChI is InChI=1S/C16H22N2/c1-3-6-12(2)15(17)11-13-9-10-18-16-8-5-4-7-14(13)16/h4-5,7-10,12,15H,3,6,11,17H2,1-2H3. The van der Waals surface area contributed by atoms with Gasteiger partial charge in [0.25, 0.3) is 0 Å². The Morgan fingerprint density at radius 3 is 2.78 bits per heavy atom. The maximum atomic E-state index is 6.31. The van der Waals surface area contributed by atoms with Gasteiger partial charge in [0.15, 0.2) is 0 Å². The summed E-state index contributed by atoms with van der Waals surface area (Å²) >= 11 is 0. The Hall–Kier alpha value is -1.41. The Kier molecular flexibility index (Phi) is 4.32. The second-order valence-electron chi connectivity index (χ2n) is 5.12. The van der Waals surface area contributed by atoms with Crippen LogP contribution in [0.4, 0.5) is 0 Å². The Bertz CT molecular complexity index is 502. The highest BCUT2D eigenvalue weighted by Crippen LogP contribution is 2.20. The molecular formula is C16H22N2. The highest BCUT2D eigenvalue weighted by molar-refractivity contribution is 5.81. The summed E-state index contributed by atoms with van der Waals surface area (Å²) in [5.74, 6) is 0.571. The summed E-state index contributed by atoms with van der Waals surface area (Å²) in [4.78, 5) is 4.39. The van der Waals surface area contributed by atoms with E-state index in [1.54, 1.807) is 0 Å². The van der Waals surface area contributed by atoms with E-state index in [9.17, 15) is 0 Å². The first-order chi connectivity index (χ1) is 8.72. The maximum Gasteiger partial charge on any atom is 0.0704 e. The van der Waals surface area contributed by atoms with Gasteiger partial charge in [-0.3, -0.25) is 4.98 Å². The molecule has 0 aliphatic rings. The Morgan fingerprint density at radius 1 is 1.22 bits per heavy atom. The van der Waals surface area contributed by atoms with Gasteiger partial charge in [-0.2, -0.15) is 0 Å². The summed E-state index contributed by atoms with van der Waals surface area (Å²) in [7, 11) is 0. The molecule has 2 N–H and O–H groups in total. The van der Waals surface area contributed by atoms with E-state index < -0.39 is 0 Å². The second kappa shape index (κ2) is 5.96. The molecule has 0 radical (unpaired) electrons. The molecule has 0 saturated heterocycles. The van der Waals surface area contributed by atoms with Crippen LogP contribution < -0.4 is 5.73 Å². The van der Waals surface area contributed by atoms with Crippen molar-refractivity contribution in [2.45, 2.75) is 39.2 Å². The topological polar surface area (TPSA) is 38.9 Å². The highest BCUT2D eigenvalue weighted by Gasteiger charge is 2.13. The number of hydrogen-bond donors (Lipinski definition) is 1. The largest absolute Gasteiger partial charge is 0.327 e. The molecule has 1 aromatic carbocycles. The van der Waals surface area contributed by atoms with Crippen LogP contribution in [0.15, 0.2) is 36.5 Å². The maximum absolute atomic E-state index is 6.31. The van der Waals surface area contributed by atoms with E-state index in [0.717, 1.165) is 11.9 Å². The first-order valence-electron chi connectivity index (χ1n) is 6.80. The lowest BCUT2D eigenvalue weighted by molar-refractivity contribution is 0.420. The average molecular weight is 242 g/mol. The number of rotatable bonds is 5. The molecule has 2 aromatic rings. The van der Waals surface area contributed by atoms with Crippen LogP contribution in [0.5, 0.6) is 0 Å². The molecule has 2 heteroatoms. The van der Waals surface area contributed by atoms with Gasteiger partial charge < -0.3 is 5.73 Å². The number of nitrogens with zero attached hydrogens (tertiary/aromatic N) is 1. The smallest absolute Gasteiger partial charge is 0.0704 e. The molecule has 0 spiro atoms. The molecule has 1 aromatic heterocycles. The number of pyridine rings is 1. The first kappa shape index (κ1) is 13.0. The zero-order chi connectivity index (χ0) is 13.0. The molecule has 0 bridgehead atoms. The van der Waals surface area contributed by atoms with Crippen LogP contribution >= 0.6 is 0 Å². The van der Waals surface area contributed by atoms with Crippen molar-refractivity contribution < 1.29 is 0 Å². The molecule has 18 heavy (non-hydrogen) atoms. The highest BCUT2D eigenvalue weighted by atomic mass is 14.7. The van der Waals surface area contributed by atoms with Gasteiger partial charge in [0, 0.05) is 17.6 Å². The number of para-hydroxylation sites is 1. The van der Waals surface area contributed by atoms with Crippen molar-refractivity contribution in [3.8, 4) is 0 Å². The zero-order valence-electron chi connectivity index (χ0n) is 11.3. The number of nitrogens with two attached hydrogens (primary N) is 1. The number of hydrogen-bond acceptors (Lipinski definition) is 2. The number of aromatic nitrogens is 1. The molecule has 2 atom stereocenters. The van der Waals surface area contributed by atoms with E-state index in [2.05, 4.69) is 43.1 Å². The average Bonchev–Trinajstić information content (AvgIpc) is 2.39. The molecule has 2 unspecified atom stereocenters. The predicted octanol–water partition coefficient (Wildman–Crippen LogP) is 3.54. The van der Waals surface area contributed by atoms with Crippen LogP contribution in [0.1, 0.15) is 32.3 Å². The van der Waals surface area contributed by atoms with Crippen molar-refractivity contribution in [3.05, 3.63) is 42.1 Å². The normalized spacial score (nSPS) is 14.6. The monoisotopic (exact) mass is 242 g/mol. The van der Waals surface area contributed by atoms with Crippen molar-refractivity contribution in [2.75, 3.05) is 0 Å². The van der Waals surface area contributed by atoms with Crippen molar-refractivity contribution in [2.24, 2.45) is 11.7 Å². The van der Waals surface area contributed by atoms with Crippen LogP contribution in [0, 0.1) is 5.92 Å². The van der Waals surface area contributed by atoms with E-state index in [1.165, 1.54) is 23.8 Å². The number of benzene rings is 1. The summed E-state index contributed by atoms with van der Waals surface area (Å²) in [6, 6.07) is 10.6. The third-order valence-corrected chi connectivity index (χ3v) is 3.67. The molecule has 2 nitrogen and oxygen atoms in total. The summed E-state index contributed by atoms with van der Waals surface area (Å²) in [6.07, 6.45) is 5.22. The van der Waals surface area contributed by atoms with Gasteiger partial charge in [0.05, 0.1) is 5.52 Å². The molecule has 0 fully saturated rings. The molecule has 0 aliphatic heterocycles. The van der Waals surface area contributed by atoms with Gasteiger partial charge in [-0.25, -0.2) is 0 Å². The van der Waals surface area contributed by atoms with Gasteiger partial charge in [-0.05, 0) is 36.5 Å². The minimum atomic E-state index is 0.232. The lowest BCUT2D eigenvalue weighted by atomic mass is 9.91. The third-order valence-electron chi connectivity index (χ3n) is 3.67. The second-order valence-corrected chi connectivity index (χ2v) is 5.12. The fraction of sp³-hybridized carbons (Fsp3) is 0.438. The van der Waals surface area contributed by atoms with Gasteiger partial charge in [-0.15, -0.1) is 0 Å². The predicted molar refractivity (Wildman–Crippen MR) is 77.5 cm³/mol. The van der Waals surface area contributed by atoms with Crippen LogP contribution in [-0.4, -0.2) is 11.0 Å². The van der Waals surface area contributed by atoms with Crippen LogP contribution in [0.2, 0.25) is 0 Å². The van der Waals surface area contributed by atoms with E-state index in [4.69, 9.17) is 5.73 Å². The Labute approximate surface area is 109 Å². The molecule has 0 saturated carbocycles. The van der Waals surface area contributed by atoms with Crippen LogP contribution in [0.3, 0.4) is 0 Å². The Morgan fingerprint density at radius 2 is 2.00 bits per heavy atom. The minimum Gasteiger partial charge on any atom is -0.327 e. The summed E-state index contributed by atoms with van der Waals surface area (Å²) < 4.78 is 0. The minimum absolute atomic E-state index is 0.232. The van der Waals surface area contributed by atoms with E-state index >= 15 is 0 Å². The lowest BCUT2D eigenvalue weighted by Crippen LogP contribution is -2.30. The van der Waals surface area contributed by atoms with Gasteiger partial charge in [-0.1, -0.05) is 38.5 Å². The molecular weight excluding hydrogens is 220 g/mol. The van der Waals surface area contributed by atoms with Gasteiger partial charge in [0.1, 0.15) is 0 Å². The molecule has 0 aliphatic carbocycles. The summed E-state index contributed by atoms with van der Waals surface area (Å²) in [6.45, 7) is 4.46. The first-order valence-corrected chi connectivity index (χ1v) is 6.80. The van der Waals surface area contributed by atoms with Crippen molar-refractivity contribution in [3.63, 3.8) is 0 Å². The van der Waals surface area contributed by atoms with E-state index in [0.29, 0.717) is 5.92 Å². The summed E-state index contributed by atoms with van der Waals surface area (Å²) in [5, 5.41) is 1.24. The third kappa shape index (κ3) is 2.88. The molecule has 96 valence electrons. The fourth-order valence-corrected chi connectivity index (χ4v) is 2.46. The fourth-order valence-electron chi connectivity index (χ4n) is 2.46. The number of fused-ring (bicyclic) bond motifs is 1. The molecule has 2 rings (SSSR count). The quantitative estimate of drug-likeness (QED) is 0.871. The Balaban J connectivity index is 2.21. The molecule has 1 heterocycles. The van der Waals surface area contributed by atoms with Crippen LogP contribution in [-0.2, 0) is 6.42 Å². The molecule has 0 amide bonds. The van der Waals surface area contributed by atoms with Crippen molar-refractivity contribution in [1.29, 1.82) is 0 Å². The summed E-state index contributed by atoms with van der Waals surface area (Å²) in [5.41, 5.74) is 8.68. The van der Waals surface area contributed by atoms with Gasteiger partial charge in [0.2, 0.25) is 0 Å².